The lowest BCUT2D eigenvalue weighted by molar-refractivity contribution is -0.137. The third-order valence-electron chi connectivity index (χ3n) is 4.58. The lowest BCUT2D eigenvalue weighted by atomic mass is 10.1. The molecule has 4 rings (SSSR count). The van der Waals surface area contributed by atoms with E-state index in [4.69, 9.17) is 13.9 Å². The first kappa shape index (κ1) is 22.1. The van der Waals surface area contributed by atoms with Crippen LogP contribution in [0, 0.1) is 0 Å². The van der Waals surface area contributed by atoms with Crippen LogP contribution in [0.1, 0.15) is 11.1 Å². The average molecular weight is 460 g/mol. The smallest absolute Gasteiger partial charge is 0.416 e. The van der Waals surface area contributed by atoms with E-state index < -0.39 is 11.7 Å². The third-order valence-corrected chi connectivity index (χ3v) is 4.58. The van der Waals surface area contributed by atoms with E-state index in [2.05, 4.69) is 15.7 Å². The Balaban J connectivity index is 1.40. The van der Waals surface area contributed by atoms with E-state index in [1.54, 1.807) is 13.2 Å². The number of methoxy groups -OCH3 is 1. The summed E-state index contributed by atoms with van der Waals surface area (Å²) >= 11 is 0. The molecule has 33 heavy (non-hydrogen) atoms. The Kier molecular flexibility index (Phi) is 6.13. The molecule has 8 nitrogen and oxygen atoms in total. The molecule has 1 aliphatic heterocycles. The minimum atomic E-state index is -4.41. The minimum absolute atomic E-state index is 0.0634. The number of rotatable bonds is 7. The molecule has 0 saturated heterocycles. The molecule has 0 radical (unpaired) electrons. The molecule has 0 aliphatic carbocycles. The van der Waals surface area contributed by atoms with Gasteiger partial charge in [0.1, 0.15) is 23.9 Å². The van der Waals surface area contributed by atoms with E-state index in [0.717, 1.165) is 23.4 Å². The Labute approximate surface area is 186 Å². The Morgan fingerprint density at radius 1 is 1.12 bits per heavy atom. The number of alkyl halides is 3. The topological polar surface area (TPSA) is 92.0 Å². The number of hydrogen-bond donors (Lipinski definition) is 3. The molecule has 0 amide bonds. The summed E-state index contributed by atoms with van der Waals surface area (Å²) in [6.07, 6.45) is -0.124. The minimum Gasteiger partial charge on any atom is -0.497 e. The first-order chi connectivity index (χ1) is 15.8. The van der Waals surface area contributed by atoms with Crippen molar-refractivity contribution in [3.8, 4) is 17.1 Å². The van der Waals surface area contributed by atoms with Crippen molar-refractivity contribution in [3.63, 3.8) is 0 Å². The predicted octanol–water partition coefficient (Wildman–Crippen LogP) is 4.89. The first-order valence-corrected chi connectivity index (χ1v) is 9.64. The van der Waals surface area contributed by atoms with E-state index in [-0.39, 0.29) is 18.4 Å². The maximum Gasteiger partial charge on any atom is 0.416 e. The number of hydrogen-bond acceptors (Lipinski definition) is 8. The molecule has 0 bridgehead atoms. The number of ether oxygens (including phenoxy) is 2. The van der Waals surface area contributed by atoms with E-state index in [1.807, 2.05) is 24.3 Å². The Morgan fingerprint density at radius 3 is 2.52 bits per heavy atom. The number of nitrogens with one attached hydrogen (secondary N) is 2. The van der Waals surface area contributed by atoms with Crippen molar-refractivity contribution in [2.75, 3.05) is 12.4 Å². The summed E-state index contributed by atoms with van der Waals surface area (Å²) in [5.74, 6) is 1.65. The summed E-state index contributed by atoms with van der Waals surface area (Å²) in [7, 11) is 1.58. The lowest BCUT2D eigenvalue weighted by Gasteiger charge is -2.23. The number of halogens is 3. The number of hydroxylamine groups is 1. The largest absolute Gasteiger partial charge is 0.497 e. The van der Waals surface area contributed by atoms with Gasteiger partial charge in [0, 0.05) is 11.6 Å². The predicted molar refractivity (Wildman–Crippen MR) is 111 cm³/mol. The zero-order valence-corrected chi connectivity index (χ0v) is 17.3. The van der Waals surface area contributed by atoms with Crippen LogP contribution in [-0.2, 0) is 17.5 Å². The Hall–Kier alpha value is -4.12. The van der Waals surface area contributed by atoms with Gasteiger partial charge in [0.25, 0.3) is 0 Å². The van der Waals surface area contributed by atoms with Gasteiger partial charge in [-0.25, -0.2) is 4.98 Å². The van der Waals surface area contributed by atoms with Crippen LogP contribution in [-0.4, -0.2) is 22.5 Å². The van der Waals surface area contributed by atoms with Crippen LogP contribution in [0.25, 0.3) is 11.3 Å². The normalized spacial score (nSPS) is 13.7. The average Bonchev–Trinajstić information content (AvgIpc) is 3.25. The second-order valence-corrected chi connectivity index (χ2v) is 6.91. The molecule has 0 fully saturated rings. The molecule has 3 aromatic rings. The van der Waals surface area contributed by atoms with Gasteiger partial charge in [-0.2, -0.15) is 18.3 Å². The van der Waals surface area contributed by atoms with Crippen molar-refractivity contribution in [3.05, 3.63) is 89.7 Å². The van der Waals surface area contributed by atoms with Gasteiger partial charge in [-0.15, -0.1) is 0 Å². The molecule has 2 aromatic carbocycles. The molecule has 1 aromatic heterocycles. The van der Waals surface area contributed by atoms with Gasteiger partial charge in [-0.05, 0) is 29.8 Å². The van der Waals surface area contributed by atoms with Gasteiger partial charge in [-0.1, -0.05) is 24.3 Å². The number of nitrogens with zero attached hydrogens (tertiary/aromatic N) is 2. The number of aromatic nitrogens is 1. The summed E-state index contributed by atoms with van der Waals surface area (Å²) in [6.45, 7) is 0.254. The van der Waals surface area contributed by atoms with Gasteiger partial charge in [0.15, 0.2) is 5.76 Å². The quantitative estimate of drug-likeness (QED) is 0.459. The van der Waals surface area contributed by atoms with Gasteiger partial charge in [-0.3, -0.25) is 15.9 Å². The lowest BCUT2D eigenvalue weighted by Crippen LogP contribution is -2.35. The molecule has 0 saturated carbocycles. The number of allylic oxidation sites excluding steroid dienone is 1. The van der Waals surface area contributed by atoms with E-state index in [1.165, 1.54) is 24.5 Å². The van der Waals surface area contributed by atoms with Crippen molar-refractivity contribution in [2.24, 2.45) is 0 Å². The summed E-state index contributed by atoms with van der Waals surface area (Å²) in [5.41, 5.74) is 3.20. The van der Waals surface area contributed by atoms with Crippen LogP contribution in [0.5, 0.6) is 5.75 Å². The molecule has 0 atom stereocenters. The molecule has 172 valence electrons. The SMILES string of the molecule is COc1ccc(COC2=CN(O)NC(Nc3ncc(-c4ccc(C(F)(F)F)cc4)o3)=C2)cc1. The first-order valence-electron chi connectivity index (χ1n) is 9.64. The maximum absolute atomic E-state index is 12.7. The zero-order valence-electron chi connectivity index (χ0n) is 17.3. The highest BCUT2D eigenvalue weighted by atomic mass is 19.4. The zero-order chi connectivity index (χ0) is 23.4. The van der Waals surface area contributed by atoms with Gasteiger partial charge in [0.05, 0.1) is 25.1 Å². The number of anilines is 1. The molecular formula is C22H19F3N4O4. The highest BCUT2D eigenvalue weighted by Crippen LogP contribution is 2.31. The van der Waals surface area contributed by atoms with Crippen molar-refractivity contribution in [1.82, 2.24) is 15.6 Å². The maximum atomic E-state index is 12.7. The molecular weight excluding hydrogens is 441 g/mol. The van der Waals surface area contributed by atoms with Crippen molar-refractivity contribution >= 4 is 6.01 Å². The summed E-state index contributed by atoms with van der Waals surface area (Å²) in [5, 5.41) is 13.4. The molecule has 0 unspecified atom stereocenters. The van der Waals surface area contributed by atoms with Crippen LogP contribution in [0.2, 0.25) is 0 Å². The highest BCUT2D eigenvalue weighted by Gasteiger charge is 2.30. The summed E-state index contributed by atoms with van der Waals surface area (Å²) in [6, 6.07) is 11.9. The Bertz CT molecular complexity index is 1160. The van der Waals surface area contributed by atoms with Gasteiger partial charge in [0.2, 0.25) is 0 Å². The third kappa shape index (κ3) is 5.57. The van der Waals surface area contributed by atoms with E-state index in [9.17, 15) is 18.4 Å². The van der Waals surface area contributed by atoms with Crippen LogP contribution in [0.4, 0.5) is 19.2 Å². The second kappa shape index (κ2) is 9.17. The van der Waals surface area contributed by atoms with Gasteiger partial charge >= 0.3 is 12.2 Å². The molecule has 1 aliphatic rings. The number of hydrazine groups is 1. The Morgan fingerprint density at radius 2 is 1.85 bits per heavy atom. The molecule has 2 heterocycles. The fourth-order valence-corrected chi connectivity index (χ4v) is 2.92. The van der Waals surface area contributed by atoms with Crippen LogP contribution in [0.3, 0.4) is 0 Å². The van der Waals surface area contributed by atoms with Crippen molar-refractivity contribution in [2.45, 2.75) is 12.8 Å². The summed E-state index contributed by atoms with van der Waals surface area (Å²) < 4.78 is 54.6. The molecule has 3 N–H and O–H groups in total. The molecule has 11 heteroatoms. The second-order valence-electron chi connectivity index (χ2n) is 6.91. The fraction of sp³-hybridized carbons (Fsp3) is 0.136. The van der Waals surface area contributed by atoms with Crippen LogP contribution < -0.4 is 15.5 Å². The monoisotopic (exact) mass is 460 g/mol. The van der Waals surface area contributed by atoms with E-state index in [0.29, 0.717) is 22.3 Å². The number of benzene rings is 2. The van der Waals surface area contributed by atoms with Crippen LogP contribution in [0.15, 0.2) is 83.0 Å². The van der Waals surface area contributed by atoms with Crippen molar-refractivity contribution in [1.29, 1.82) is 0 Å². The van der Waals surface area contributed by atoms with Gasteiger partial charge < -0.3 is 13.9 Å². The van der Waals surface area contributed by atoms with Crippen molar-refractivity contribution < 1.29 is 32.3 Å². The van der Waals surface area contributed by atoms with Crippen LogP contribution >= 0.6 is 0 Å². The number of oxazole rings is 1. The standard InChI is InChI=1S/C22H19F3N4O4/c1-31-17-8-2-14(3-9-17)13-32-18-10-20(28-29(30)12-18)27-21-26-11-19(33-21)15-4-6-16(7-5-15)22(23,24)25/h2-12,28,30H,13H2,1H3,(H,26,27). The van der Waals surface area contributed by atoms with E-state index >= 15 is 0 Å². The summed E-state index contributed by atoms with van der Waals surface area (Å²) in [4.78, 5) is 4.06. The highest BCUT2D eigenvalue weighted by molar-refractivity contribution is 5.58. The molecule has 0 spiro atoms. The fourth-order valence-electron chi connectivity index (χ4n) is 2.92.